The molecule has 43 heavy (non-hydrogen) atoms. The van der Waals surface area contributed by atoms with Crippen molar-refractivity contribution < 1.29 is 28.7 Å². The second kappa shape index (κ2) is 14.8. The zero-order valence-electron chi connectivity index (χ0n) is 25.0. The van der Waals surface area contributed by atoms with Crippen LogP contribution in [0.2, 0.25) is 0 Å². The summed E-state index contributed by atoms with van der Waals surface area (Å²) in [5.41, 5.74) is 0.465. The van der Waals surface area contributed by atoms with Crippen molar-refractivity contribution in [1.82, 2.24) is 20.9 Å². The summed E-state index contributed by atoms with van der Waals surface area (Å²) in [6.07, 6.45) is 3.79. The lowest BCUT2D eigenvalue weighted by atomic mass is 9.98. The quantitative estimate of drug-likeness (QED) is 0.288. The average molecular weight is 591 g/mol. The number of fused-ring (bicyclic) bond motifs is 1. The monoisotopic (exact) mass is 590 g/mol. The first-order valence-electron chi connectivity index (χ1n) is 15.1. The Morgan fingerprint density at radius 3 is 2.23 bits per heavy atom. The number of unbranched alkanes of at least 4 members (excludes halogenated alkanes) is 2. The van der Waals surface area contributed by atoms with Crippen LogP contribution in [0, 0.1) is 0 Å². The number of hydrogen-bond acceptors (Lipinski definition) is 6. The van der Waals surface area contributed by atoms with E-state index in [1.807, 2.05) is 60.7 Å². The van der Waals surface area contributed by atoms with Crippen LogP contribution in [0.3, 0.4) is 0 Å². The molecule has 2 aliphatic rings. The third-order valence-electron chi connectivity index (χ3n) is 7.98. The fourth-order valence-corrected chi connectivity index (χ4v) is 5.49. The molecule has 2 saturated heterocycles. The molecule has 2 aromatic carbocycles. The zero-order chi connectivity index (χ0) is 30.8. The van der Waals surface area contributed by atoms with Crippen LogP contribution in [-0.2, 0) is 41.7 Å². The molecule has 2 heterocycles. The van der Waals surface area contributed by atoms with Crippen LogP contribution in [0.1, 0.15) is 69.9 Å². The summed E-state index contributed by atoms with van der Waals surface area (Å²) in [4.78, 5) is 67.6. The Balaban J connectivity index is 1.38. The van der Waals surface area contributed by atoms with Gasteiger partial charge in [0.15, 0.2) is 0 Å². The van der Waals surface area contributed by atoms with E-state index in [4.69, 9.17) is 4.74 Å². The molecule has 0 radical (unpaired) electrons. The van der Waals surface area contributed by atoms with Crippen molar-refractivity contribution in [3.63, 3.8) is 0 Å². The van der Waals surface area contributed by atoms with Crippen molar-refractivity contribution in [2.45, 2.75) is 95.5 Å². The molecule has 3 unspecified atom stereocenters. The number of esters is 1. The Labute approximate surface area is 252 Å². The minimum atomic E-state index is -1.33. The van der Waals surface area contributed by atoms with Crippen molar-refractivity contribution in [3.8, 4) is 0 Å². The van der Waals surface area contributed by atoms with Gasteiger partial charge in [-0.3, -0.25) is 24.0 Å². The number of carbonyl (C=O) groups is 5. The number of nitrogens with one attached hydrogen (secondary N) is 3. The molecule has 3 atom stereocenters. The van der Waals surface area contributed by atoms with Gasteiger partial charge >= 0.3 is 5.97 Å². The van der Waals surface area contributed by atoms with Crippen LogP contribution in [0.5, 0.6) is 0 Å². The fraction of sp³-hybridized carbons (Fsp3) is 0.485. The van der Waals surface area contributed by atoms with Gasteiger partial charge in [-0.25, -0.2) is 0 Å². The second-order valence-corrected chi connectivity index (χ2v) is 11.8. The van der Waals surface area contributed by atoms with Crippen molar-refractivity contribution in [2.24, 2.45) is 0 Å². The van der Waals surface area contributed by atoms with E-state index in [-0.39, 0.29) is 37.2 Å². The SMILES string of the molecule is CC1(C)NC(=O)C(CCCCCC(=O)OCc2ccccc2)NC(=O)C2CCCN2C(=O)C(Cc2ccccc2)NC1=O. The fourth-order valence-electron chi connectivity index (χ4n) is 5.49. The van der Waals surface area contributed by atoms with Crippen LogP contribution in [0.25, 0.3) is 0 Å². The molecule has 4 rings (SSSR count). The minimum absolute atomic E-state index is 0.227. The molecule has 0 aliphatic carbocycles. The predicted octanol–water partition coefficient (Wildman–Crippen LogP) is 2.79. The topological polar surface area (TPSA) is 134 Å². The van der Waals surface area contributed by atoms with Crippen LogP contribution >= 0.6 is 0 Å². The van der Waals surface area contributed by atoms with Gasteiger partial charge < -0.3 is 25.6 Å². The van der Waals surface area contributed by atoms with Crippen molar-refractivity contribution >= 4 is 29.6 Å². The van der Waals surface area contributed by atoms with E-state index in [0.29, 0.717) is 45.1 Å². The van der Waals surface area contributed by atoms with E-state index in [0.717, 1.165) is 11.1 Å². The molecule has 2 aliphatic heterocycles. The lowest BCUT2D eigenvalue weighted by Gasteiger charge is -2.34. The van der Waals surface area contributed by atoms with Gasteiger partial charge in [0.25, 0.3) is 0 Å². The third kappa shape index (κ3) is 8.89. The molecular weight excluding hydrogens is 548 g/mol. The van der Waals surface area contributed by atoms with E-state index in [2.05, 4.69) is 16.0 Å². The average Bonchev–Trinajstić information content (AvgIpc) is 3.49. The summed E-state index contributed by atoms with van der Waals surface area (Å²) < 4.78 is 5.33. The number of hydrogen-bond donors (Lipinski definition) is 3. The first-order valence-corrected chi connectivity index (χ1v) is 15.1. The Bertz CT molecular complexity index is 1280. The molecule has 2 fully saturated rings. The van der Waals surface area contributed by atoms with Gasteiger partial charge in [0.05, 0.1) is 0 Å². The lowest BCUT2D eigenvalue weighted by Crippen LogP contribution is -2.64. The largest absolute Gasteiger partial charge is 0.461 e. The smallest absolute Gasteiger partial charge is 0.306 e. The first kappa shape index (κ1) is 31.7. The van der Waals surface area contributed by atoms with Crippen LogP contribution in [-0.4, -0.2) is 64.7 Å². The lowest BCUT2D eigenvalue weighted by molar-refractivity contribution is -0.145. The summed E-state index contributed by atoms with van der Waals surface area (Å²) >= 11 is 0. The van der Waals surface area contributed by atoms with Gasteiger partial charge in [0.1, 0.15) is 30.3 Å². The van der Waals surface area contributed by atoms with Crippen LogP contribution in [0.4, 0.5) is 0 Å². The van der Waals surface area contributed by atoms with Gasteiger partial charge in [-0.1, -0.05) is 73.5 Å². The van der Waals surface area contributed by atoms with E-state index < -0.39 is 35.5 Å². The normalized spacial score (nSPS) is 22.4. The third-order valence-corrected chi connectivity index (χ3v) is 7.98. The molecule has 10 heteroatoms. The molecule has 2 aromatic rings. The summed E-state index contributed by atoms with van der Waals surface area (Å²) in [6, 6.07) is 16.4. The molecule has 0 saturated carbocycles. The first-order chi connectivity index (χ1) is 20.6. The summed E-state index contributed by atoms with van der Waals surface area (Å²) in [5.74, 6) is -1.92. The maximum atomic E-state index is 13.7. The maximum Gasteiger partial charge on any atom is 0.306 e. The van der Waals surface area contributed by atoms with Crippen molar-refractivity contribution in [3.05, 3.63) is 71.8 Å². The van der Waals surface area contributed by atoms with Gasteiger partial charge in [-0.15, -0.1) is 0 Å². The standard InChI is InChI=1S/C33H42N4O6/c1-33(2)32(42)35-26(21-23-13-6-3-7-14-23)31(41)37-20-12-18-27(37)30(40)34-25(29(39)36-33)17-10-5-11-19-28(38)43-22-24-15-8-4-9-16-24/h3-4,6-9,13-16,25-27H,5,10-12,17-22H2,1-2H3,(H,34,40)(H,35,42)(H,36,39). The Morgan fingerprint density at radius 1 is 0.860 bits per heavy atom. The molecule has 0 bridgehead atoms. The van der Waals surface area contributed by atoms with E-state index in [1.54, 1.807) is 13.8 Å². The highest BCUT2D eigenvalue weighted by Crippen LogP contribution is 2.21. The number of rotatable bonds is 10. The molecule has 0 aromatic heterocycles. The number of carbonyl (C=O) groups excluding carboxylic acids is 5. The van der Waals surface area contributed by atoms with E-state index in [9.17, 15) is 24.0 Å². The number of nitrogens with zero attached hydrogens (tertiary/aromatic N) is 1. The maximum absolute atomic E-state index is 13.7. The number of ether oxygens (including phenoxy) is 1. The van der Waals surface area contributed by atoms with Crippen molar-refractivity contribution in [2.75, 3.05) is 6.54 Å². The molecular formula is C33H42N4O6. The molecule has 10 nitrogen and oxygen atoms in total. The summed E-state index contributed by atoms with van der Waals surface area (Å²) in [6.45, 7) is 3.78. The molecule has 4 amide bonds. The van der Waals surface area contributed by atoms with Gasteiger partial charge in [-0.05, 0) is 50.7 Å². The van der Waals surface area contributed by atoms with Crippen LogP contribution in [0.15, 0.2) is 60.7 Å². The zero-order valence-corrected chi connectivity index (χ0v) is 25.0. The van der Waals surface area contributed by atoms with Crippen molar-refractivity contribution in [1.29, 1.82) is 0 Å². The second-order valence-electron chi connectivity index (χ2n) is 11.8. The molecule has 230 valence electrons. The minimum Gasteiger partial charge on any atom is -0.461 e. The number of amides is 4. The van der Waals surface area contributed by atoms with E-state index in [1.165, 1.54) is 4.90 Å². The number of benzene rings is 2. The van der Waals surface area contributed by atoms with E-state index >= 15 is 0 Å². The Morgan fingerprint density at radius 2 is 1.53 bits per heavy atom. The Hall–Kier alpha value is -4.21. The predicted molar refractivity (Wildman–Crippen MR) is 160 cm³/mol. The van der Waals surface area contributed by atoms with Gasteiger partial charge in [0.2, 0.25) is 23.6 Å². The Kier molecular flexibility index (Phi) is 10.9. The van der Waals surface area contributed by atoms with Gasteiger partial charge in [-0.2, -0.15) is 0 Å². The molecule has 0 spiro atoms. The highest BCUT2D eigenvalue weighted by molar-refractivity contribution is 5.99. The van der Waals surface area contributed by atoms with Crippen LogP contribution < -0.4 is 16.0 Å². The summed E-state index contributed by atoms with van der Waals surface area (Å²) in [5, 5.41) is 8.50. The highest BCUT2D eigenvalue weighted by atomic mass is 16.5. The summed E-state index contributed by atoms with van der Waals surface area (Å²) in [7, 11) is 0. The molecule has 3 N–H and O–H groups in total. The highest BCUT2D eigenvalue weighted by Gasteiger charge is 2.42. The van der Waals surface area contributed by atoms with Gasteiger partial charge in [0, 0.05) is 19.4 Å².